The summed E-state index contributed by atoms with van der Waals surface area (Å²) in [4.78, 5) is 13.7. The maximum atomic E-state index is 12.0. The van der Waals surface area contributed by atoms with E-state index in [-0.39, 0.29) is 5.91 Å². The predicted molar refractivity (Wildman–Crippen MR) is 73.0 cm³/mol. The van der Waals surface area contributed by atoms with Crippen molar-refractivity contribution in [3.63, 3.8) is 0 Å². The molecule has 0 heterocycles. The average Bonchev–Trinajstić information content (AvgIpc) is 2.31. The van der Waals surface area contributed by atoms with Gasteiger partial charge in [-0.15, -0.1) is 0 Å². The normalized spacial score (nSPS) is 11.3. The molecule has 4 heteroatoms. The van der Waals surface area contributed by atoms with Gasteiger partial charge in [-0.3, -0.25) is 4.79 Å². The van der Waals surface area contributed by atoms with Crippen LogP contribution in [0.4, 0.5) is 5.69 Å². The number of rotatable bonds is 5. The molecule has 0 bridgehead atoms. The highest BCUT2D eigenvalue weighted by Crippen LogP contribution is 2.15. The topological polar surface area (TPSA) is 55.6 Å². The largest absolute Gasteiger partial charge is 0.399 e. The second-order valence-corrected chi connectivity index (χ2v) is 5.13. The number of carbonyl (C=O) groups is 1. The molecule has 1 amide bonds. The molecule has 0 unspecified atom stereocenters. The van der Waals surface area contributed by atoms with Crippen molar-refractivity contribution < 1.29 is 9.53 Å². The second-order valence-electron chi connectivity index (χ2n) is 5.13. The molecule has 4 nitrogen and oxygen atoms in total. The van der Waals surface area contributed by atoms with Crippen molar-refractivity contribution in [1.29, 1.82) is 0 Å². The van der Waals surface area contributed by atoms with Crippen molar-refractivity contribution in [2.75, 3.05) is 19.9 Å². The summed E-state index contributed by atoms with van der Waals surface area (Å²) >= 11 is 0. The summed E-state index contributed by atoms with van der Waals surface area (Å²) < 4.78 is 5.26. The number of hydrogen-bond donors (Lipinski definition) is 1. The number of carbonyl (C=O) groups excluding carboxylic acids is 1. The lowest BCUT2D eigenvalue weighted by molar-refractivity contribution is -0.135. The maximum absolute atomic E-state index is 12.0. The molecule has 18 heavy (non-hydrogen) atoms. The summed E-state index contributed by atoms with van der Waals surface area (Å²) in [5.41, 5.74) is 6.99. The van der Waals surface area contributed by atoms with Gasteiger partial charge in [0.1, 0.15) is 0 Å². The number of nitrogens with two attached hydrogens (primary N) is 1. The minimum absolute atomic E-state index is 0.0682. The molecule has 1 aromatic rings. The third kappa shape index (κ3) is 4.37. The van der Waals surface area contributed by atoms with Crippen LogP contribution in [-0.4, -0.2) is 30.6 Å². The lowest BCUT2D eigenvalue weighted by atomic mass is 10.0. The van der Waals surface area contributed by atoms with E-state index >= 15 is 0 Å². The van der Waals surface area contributed by atoms with E-state index in [0.29, 0.717) is 13.0 Å². The quantitative estimate of drug-likeness (QED) is 0.814. The number of amides is 1. The molecule has 0 saturated carbocycles. The minimum Gasteiger partial charge on any atom is -0.399 e. The van der Waals surface area contributed by atoms with E-state index < -0.39 is 5.60 Å². The summed E-state index contributed by atoms with van der Waals surface area (Å²) in [5, 5.41) is 0. The Morgan fingerprint density at radius 3 is 2.39 bits per heavy atom. The van der Waals surface area contributed by atoms with Crippen molar-refractivity contribution in [2.24, 2.45) is 0 Å². The average molecular weight is 250 g/mol. The van der Waals surface area contributed by atoms with E-state index in [1.807, 2.05) is 38.1 Å². The molecule has 0 aromatic heterocycles. The molecule has 0 fully saturated rings. The number of ether oxygens (including phenoxy) is 1. The van der Waals surface area contributed by atoms with Gasteiger partial charge in [-0.2, -0.15) is 0 Å². The predicted octanol–water partition coefficient (Wildman–Crippen LogP) is 2.04. The van der Waals surface area contributed by atoms with Crippen LogP contribution in [0.5, 0.6) is 0 Å². The van der Waals surface area contributed by atoms with Crippen LogP contribution in [-0.2, 0) is 16.1 Å². The Morgan fingerprint density at radius 1 is 1.33 bits per heavy atom. The molecule has 100 valence electrons. The second kappa shape index (κ2) is 5.87. The van der Waals surface area contributed by atoms with E-state index in [1.54, 1.807) is 19.1 Å². The molecule has 0 spiro atoms. The number of benzene rings is 1. The summed E-state index contributed by atoms with van der Waals surface area (Å²) in [7, 11) is 3.41. The molecule has 1 aromatic carbocycles. The Labute approximate surface area is 109 Å². The van der Waals surface area contributed by atoms with Gasteiger partial charge in [-0.05, 0) is 31.5 Å². The van der Waals surface area contributed by atoms with Crippen molar-refractivity contribution in [1.82, 2.24) is 4.90 Å². The third-order valence-corrected chi connectivity index (χ3v) is 2.95. The highest BCUT2D eigenvalue weighted by molar-refractivity contribution is 5.76. The number of nitrogens with zero attached hydrogens (tertiary/aromatic N) is 1. The zero-order valence-electron chi connectivity index (χ0n) is 11.6. The van der Waals surface area contributed by atoms with Gasteiger partial charge in [0.2, 0.25) is 5.91 Å². The molecule has 2 N–H and O–H groups in total. The Kier molecular flexibility index (Phi) is 4.73. The number of methoxy groups -OCH3 is 1. The number of anilines is 1. The van der Waals surface area contributed by atoms with Crippen molar-refractivity contribution in [3.05, 3.63) is 29.8 Å². The van der Waals surface area contributed by atoms with Gasteiger partial charge in [0.15, 0.2) is 0 Å². The monoisotopic (exact) mass is 250 g/mol. The molecule has 0 radical (unpaired) electrons. The zero-order valence-corrected chi connectivity index (χ0v) is 11.6. The van der Waals surface area contributed by atoms with E-state index in [4.69, 9.17) is 10.5 Å². The molecule has 0 aliphatic heterocycles. The highest BCUT2D eigenvalue weighted by atomic mass is 16.5. The zero-order chi connectivity index (χ0) is 13.8. The van der Waals surface area contributed by atoms with Crippen LogP contribution >= 0.6 is 0 Å². The first-order valence-corrected chi connectivity index (χ1v) is 5.97. The van der Waals surface area contributed by atoms with Crippen LogP contribution in [0.15, 0.2) is 24.3 Å². The smallest absolute Gasteiger partial charge is 0.225 e. The molecule has 0 aliphatic carbocycles. The first kappa shape index (κ1) is 14.5. The van der Waals surface area contributed by atoms with Gasteiger partial charge >= 0.3 is 0 Å². The molecule has 0 saturated heterocycles. The number of hydrogen-bond acceptors (Lipinski definition) is 3. The van der Waals surface area contributed by atoms with Gasteiger partial charge in [0.25, 0.3) is 0 Å². The van der Waals surface area contributed by atoms with Gasteiger partial charge in [0, 0.05) is 26.4 Å². The fraction of sp³-hybridized carbons (Fsp3) is 0.500. The van der Waals surface area contributed by atoms with Crippen molar-refractivity contribution in [3.8, 4) is 0 Å². The van der Waals surface area contributed by atoms with E-state index in [2.05, 4.69) is 0 Å². The van der Waals surface area contributed by atoms with Gasteiger partial charge < -0.3 is 15.4 Å². The Morgan fingerprint density at radius 2 is 1.89 bits per heavy atom. The molecular weight excluding hydrogens is 228 g/mol. The van der Waals surface area contributed by atoms with Gasteiger partial charge in [-0.25, -0.2) is 0 Å². The molecular formula is C14H22N2O2. The van der Waals surface area contributed by atoms with Crippen molar-refractivity contribution in [2.45, 2.75) is 32.4 Å². The first-order chi connectivity index (χ1) is 8.34. The summed E-state index contributed by atoms with van der Waals surface area (Å²) in [6.07, 6.45) is 0.370. The van der Waals surface area contributed by atoms with E-state index in [9.17, 15) is 4.79 Å². The Balaban J connectivity index is 2.57. The third-order valence-electron chi connectivity index (χ3n) is 2.95. The van der Waals surface area contributed by atoms with Crippen LogP contribution in [0.1, 0.15) is 25.8 Å². The minimum atomic E-state index is -0.424. The lowest BCUT2D eigenvalue weighted by Gasteiger charge is -2.25. The van der Waals surface area contributed by atoms with E-state index in [1.165, 1.54) is 0 Å². The summed E-state index contributed by atoms with van der Waals surface area (Å²) in [6, 6.07) is 7.54. The van der Waals surface area contributed by atoms with Crippen LogP contribution in [0.2, 0.25) is 0 Å². The van der Waals surface area contributed by atoms with Crippen molar-refractivity contribution >= 4 is 11.6 Å². The van der Waals surface area contributed by atoms with Crippen LogP contribution in [0.25, 0.3) is 0 Å². The molecule has 0 aliphatic rings. The summed E-state index contributed by atoms with van der Waals surface area (Å²) in [5.74, 6) is 0.0682. The fourth-order valence-corrected chi connectivity index (χ4v) is 1.56. The van der Waals surface area contributed by atoms with Crippen LogP contribution in [0.3, 0.4) is 0 Å². The molecule has 1 rings (SSSR count). The van der Waals surface area contributed by atoms with Crippen LogP contribution < -0.4 is 5.73 Å². The highest BCUT2D eigenvalue weighted by Gasteiger charge is 2.23. The fourth-order valence-electron chi connectivity index (χ4n) is 1.56. The van der Waals surface area contributed by atoms with E-state index in [0.717, 1.165) is 11.3 Å². The SMILES string of the molecule is COC(C)(C)CC(=O)N(C)Cc1ccc(N)cc1. The van der Waals surface area contributed by atoms with Gasteiger partial charge in [-0.1, -0.05) is 12.1 Å². The Hall–Kier alpha value is -1.55. The lowest BCUT2D eigenvalue weighted by Crippen LogP contribution is -2.34. The van der Waals surface area contributed by atoms with Gasteiger partial charge in [0.05, 0.1) is 12.0 Å². The number of nitrogen functional groups attached to an aromatic ring is 1. The molecule has 0 atom stereocenters. The first-order valence-electron chi connectivity index (χ1n) is 5.97. The Bertz CT molecular complexity index is 399. The van der Waals surface area contributed by atoms with Crippen LogP contribution in [0, 0.1) is 0 Å². The summed E-state index contributed by atoms with van der Waals surface area (Å²) in [6.45, 7) is 4.39. The maximum Gasteiger partial charge on any atom is 0.225 e. The standard InChI is InChI=1S/C14H22N2O2/c1-14(2,18-4)9-13(17)16(3)10-11-5-7-12(15)8-6-11/h5-8H,9-10,15H2,1-4H3.